The van der Waals surface area contributed by atoms with Crippen molar-refractivity contribution in [1.82, 2.24) is 5.06 Å². The standard InChI is InChI=1S/C10H19NO2/c1-9(11(13)8-12)7-10-5-3-2-4-6-10/h8-10,13H,2-7H2,1H3. The number of hydrogen-bond donors (Lipinski definition) is 1. The van der Waals surface area contributed by atoms with Crippen molar-refractivity contribution in [3.63, 3.8) is 0 Å². The molecule has 0 radical (unpaired) electrons. The van der Waals surface area contributed by atoms with Crippen molar-refractivity contribution in [3.05, 3.63) is 0 Å². The van der Waals surface area contributed by atoms with Crippen molar-refractivity contribution in [2.24, 2.45) is 5.92 Å². The first kappa shape index (κ1) is 10.5. The van der Waals surface area contributed by atoms with E-state index < -0.39 is 0 Å². The maximum atomic E-state index is 10.3. The van der Waals surface area contributed by atoms with Crippen LogP contribution in [0.3, 0.4) is 0 Å². The molecular formula is C10H19NO2. The van der Waals surface area contributed by atoms with Gasteiger partial charge in [0.25, 0.3) is 0 Å². The summed E-state index contributed by atoms with van der Waals surface area (Å²) in [7, 11) is 0. The summed E-state index contributed by atoms with van der Waals surface area (Å²) in [6.45, 7) is 1.89. The Morgan fingerprint density at radius 3 is 2.62 bits per heavy atom. The second-order valence-electron chi connectivity index (χ2n) is 4.07. The van der Waals surface area contributed by atoms with Crippen LogP contribution >= 0.6 is 0 Å². The fourth-order valence-corrected chi connectivity index (χ4v) is 2.12. The van der Waals surface area contributed by atoms with Crippen molar-refractivity contribution < 1.29 is 10.0 Å². The summed E-state index contributed by atoms with van der Waals surface area (Å²) >= 11 is 0. The minimum Gasteiger partial charge on any atom is -0.286 e. The molecular weight excluding hydrogens is 166 g/mol. The van der Waals surface area contributed by atoms with Crippen LogP contribution in [0.25, 0.3) is 0 Å². The molecule has 0 bridgehead atoms. The molecule has 1 aliphatic rings. The normalized spacial score (nSPS) is 21.1. The lowest BCUT2D eigenvalue weighted by Crippen LogP contribution is -2.30. The van der Waals surface area contributed by atoms with Crippen LogP contribution in [0, 0.1) is 5.92 Å². The lowest BCUT2D eigenvalue weighted by molar-refractivity contribution is -0.160. The maximum absolute atomic E-state index is 10.3. The summed E-state index contributed by atoms with van der Waals surface area (Å²) in [6.07, 6.45) is 7.92. The largest absolute Gasteiger partial charge is 0.286 e. The molecule has 13 heavy (non-hydrogen) atoms. The second kappa shape index (κ2) is 5.22. The molecule has 3 nitrogen and oxygen atoms in total. The molecule has 0 saturated heterocycles. The Bertz CT molecular complexity index is 155. The van der Waals surface area contributed by atoms with Gasteiger partial charge in [-0.2, -0.15) is 0 Å². The quantitative estimate of drug-likeness (QED) is 0.414. The van der Waals surface area contributed by atoms with Gasteiger partial charge in [-0.25, -0.2) is 5.06 Å². The number of amides is 1. The first-order valence-electron chi connectivity index (χ1n) is 5.16. The van der Waals surface area contributed by atoms with Gasteiger partial charge in [-0.3, -0.25) is 10.0 Å². The minimum atomic E-state index is -0.0272. The van der Waals surface area contributed by atoms with Crippen molar-refractivity contribution in [1.29, 1.82) is 0 Å². The highest BCUT2D eigenvalue weighted by molar-refractivity contribution is 5.45. The molecule has 1 fully saturated rings. The van der Waals surface area contributed by atoms with Crippen LogP contribution in [-0.4, -0.2) is 22.7 Å². The van der Waals surface area contributed by atoms with E-state index in [0.717, 1.165) is 11.5 Å². The van der Waals surface area contributed by atoms with Gasteiger partial charge in [0.15, 0.2) is 0 Å². The van der Waals surface area contributed by atoms with Gasteiger partial charge < -0.3 is 0 Å². The molecule has 0 aliphatic heterocycles. The summed E-state index contributed by atoms with van der Waals surface area (Å²) in [4.78, 5) is 10.3. The number of hydrogen-bond acceptors (Lipinski definition) is 2. The van der Waals surface area contributed by atoms with Gasteiger partial charge in [0.2, 0.25) is 6.41 Å². The Kier molecular flexibility index (Phi) is 4.22. The Labute approximate surface area is 79.7 Å². The van der Waals surface area contributed by atoms with Crippen molar-refractivity contribution in [3.8, 4) is 0 Å². The van der Waals surface area contributed by atoms with E-state index in [2.05, 4.69) is 0 Å². The molecule has 1 amide bonds. The highest BCUT2D eigenvalue weighted by Gasteiger charge is 2.18. The molecule has 1 aliphatic carbocycles. The van der Waals surface area contributed by atoms with E-state index in [1.54, 1.807) is 0 Å². The van der Waals surface area contributed by atoms with Crippen molar-refractivity contribution in [2.45, 2.75) is 51.5 Å². The average molecular weight is 185 g/mol. The van der Waals surface area contributed by atoms with E-state index in [1.165, 1.54) is 32.1 Å². The van der Waals surface area contributed by atoms with Gasteiger partial charge in [0.1, 0.15) is 0 Å². The van der Waals surface area contributed by atoms with E-state index in [9.17, 15) is 4.79 Å². The third-order valence-corrected chi connectivity index (χ3v) is 2.96. The fourth-order valence-electron chi connectivity index (χ4n) is 2.12. The van der Waals surface area contributed by atoms with Crippen LogP contribution in [0.1, 0.15) is 45.4 Å². The van der Waals surface area contributed by atoms with Gasteiger partial charge >= 0.3 is 0 Å². The monoisotopic (exact) mass is 185 g/mol. The SMILES string of the molecule is CC(CC1CCCCC1)N(O)C=O. The molecule has 0 aromatic carbocycles. The Balaban J connectivity index is 2.25. The topological polar surface area (TPSA) is 40.5 Å². The van der Waals surface area contributed by atoms with Crippen molar-refractivity contribution in [2.75, 3.05) is 0 Å². The zero-order valence-corrected chi connectivity index (χ0v) is 8.28. The molecule has 1 rings (SSSR count). The predicted molar refractivity (Wildman–Crippen MR) is 50.3 cm³/mol. The van der Waals surface area contributed by atoms with Crippen LogP contribution in [0.2, 0.25) is 0 Å². The lowest BCUT2D eigenvalue weighted by Gasteiger charge is -2.26. The zero-order valence-electron chi connectivity index (χ0n) is 8.28. The Morgan fingerprint density at radius 2 is 2.08 bits per heavy atom. The molecule has 1 atom stereocenters. The van der Waals surface area contributed by atoms with Crippen LogP contribution in [0.4, 0.5) is 0 Å². The first-order chi connectivity index (χ1) is 6.24. The van der Waals surface area contributed by atoms with Crippen LogP contribution in [0.5, 0.6) is 0 Å². The number of hydroxylamine groups is 2. The van der Waals surface area contributed by atoms with Gasteiger partial charge in [0.05, 0.1) is 6.04 Å². The molecule has 1 N–H and O–H groups in total. The number of carbonyl (C=O) groups is 1. The summed E-state index contributed by atoms with van der Waals surface area (Å²) in [5.41, 5.74) is 0. The second-order valence-corrected chi connectivity index (χ2v) is 4.07. The smallest absolute Gasteiger partial charge is 0.233 e. The number of carbonyl (C=O) groups excluding carboxylic acids is 1. The Hall–Kier alpha value is -0.570. The summed E-state index contributed by atoms with van der Waals surface area (Å²) in [6, 6.07) is -0.0272. The first-order valence-corrected chi connectivity index (χ1v) is 5.16. The molecule has 0 heterocycles. The highest BCUT2D eigenvalue weighted by Crippen LogP contribution is 2.27. The van der Waals surface area contributed by atoms with Crippen LogP contribution < -0.4 is 0 Å². The molecule has 3 heteroatoms. The molecule has 1 unspecified atom stereocenters. The third-order valence-electron chi connectivity index (χ3n) is 2.96. The van der Waals surface area contributed by atoms with Gasteiger partial charge in [0, 0.05) is 0 Å². The van der Waals surface area contributed by atoms with Gasteiger partial charge in [-0.05, 0) is 19.3 Å². The lowest BCUT2D eigenvalue weighted by atomic mass is 9.85. The molecule has 1 saturated carbocycles. The summed E-state index contributed by atoms with van der Waals surface area (Å²) in [5, 5.41) is 9.91. The summed E-state index contributed by atoms with van der Waals surface area (Å²) in [5.74, 6) is 0.707. The Morgan fingerprint density at radius 1 is 1.46 bits per heavy atom. The molecule has 76 valence electrons. The third kappa shape index (κ3) is 3.35. The molecule has 0 aromatic rings. The maximum Gasteiger partial charge on any atom is 0.233 e. The highest BCUT2D eigenvalue weighted by atomic mass is 16.5. The molecule has 0 spiro atoms. The van der Waals surface area contributed by atoms with Gasteiger partial charge in [-0.15, -0.1) is 0 Å². The minimum absolute atomic E-state index is 0.0272. The molecule has 0 aromatic heterocycles. The van der Waals surface area contributed by atoms with E-state index in [-0.39, 0.29) is 6.04 Å². The summed E-state index contributed by atoms with van der Waals surface area (Å²) < 4.78 is 0. The average Bonchev–Trinajstić information content (AvgIpc) is 2.18. The number of nitrogens with zero attached hydrogens (tertiary/aromatic N) is 1. The van der Waals surface area contributed by atoms with Gasteiger partial charge in [-0.1, -0.05) is 32.1 Å². The van der Waals surface area contributed by atoms with Crippen LogP contribution in [0.15, 0.2) is 0 Å². The van der Waals surface area contributed by atoms with E-state index in [4.69, 9.17) is 5.21 Å². The zero-order chi connectivity index (χ0) is 9.68. The predicted octanol–water partition coefficient (Wildman–Crippen LogP) is 2.19. The van der Waals surface area contributed by atoms with E-state index in [1.807, 2.05) is 6.92 Å². The van der Waals surface area contributed by atoms with Crippen molar-refractivity contribution >= 4 is 6.41 Å². The van der Waals surface area contributed by atoms with E-state index >= 15 is 0 Å². The van der Waals surface area contributed by atoms with E-state index in [0.29, 0.717) is 12.3 Å². The fraction of sp³-hybridized carbons (Fsp3) is 0.900. The van der Waals surface area contributed by atoms with Crippen LogP contribution in [-0.2, 0) is 4.79 Å². The number of rotatable bonds is 4.